The molecule has 1 saturated carbocycles. The summed E-state index contributed by atoms with van der Waals surface area (Å²) in [4.78, 5) is 13.9. The number of aromatic nitrogens is 1. The summed E-state index contributed by atoms with van der Waals surface area (Å²) in [6.07, 6.45) is -1.99. The number of anilines is 2. The first-order valence-electron chi connectivity index (χ1n) is 7.86. The lowest BCUT2D eigenvalue weighted by Gasteiger charge is -2.14. The van der Waals surface area contributed by atoms with E-state index in [9.17, 15) is 22.4 Å². The molecule has 1 aromatic heterocycles. The number of halogens is 4. The number of hydrogen-bond donors (Lipinski definition) is 4. The van der Waals surface area contributed by atoms with Gasteiger partial charge in [-0.3, -0.25) is 9.78 Å². The van der Waals surface area contributed by atoms with Gasteiger partial charge in [-0.25, -0.2) is 4.39 Å². The zero-order chi connectivity index (χ0) is 20.2. The molecule has 1 aliphatic carbocycles. The molecule has 1 aromatic carbocycles. The summed E-state index contributed by atoms with van der Waals surface area (Å²) in [5, 5.41) is 10.8. The highest BCUT2D eigenvalue weighted by Gasteiger charge is 2.46. The molecule has 0 unspecified atom stereocenters. The van der Waals surface area contributed by atoms with Gasteiger partial charge in [-0.2, -0.15) is 13.2 Å². The molecule has 0 radical (unpaired) electrons. The third kappa shape index (κ3) is 5.63. The van der Waals surface area contributed by atoms with Crippen molar-refractivity contribution in [1.82, 2.24) is 4.98 Å². The standard InChI is InChI=1S/C13H11F4N3.C4H7NO2/c14-8-1-4-12(11(5-8)13(15,16)17)20-10-3-2-9(6-18)19-7-10;5-4(1-2-4)3(6)7/h1-5,7,20H,6,18H2;1-2,5H2,(H,6,7). The number of nitrogens with zero attached hydrogens (tertiary/aromatic N) is 1. The molecule has 0 spiro atoms. The van der Waals surface area contributed by atoms with Crippen LogP contribution in [0, 0.1) is 5.82 Å². The zero-order valence-electron chi connectivity index (χ0n) is 14.1. The number of hydrogen-bond acceptors (Lipinski definition) is 5. The number of carboxylic acid groups (broad SMARTS) is 1. The van der Waals surface area contributed by atoms with Gasteiger partial charge < -0.3 is 21.9 Å². The van der Waals surface area contributed by atoms with Gasteiger partial charge in [0.2, 0.25) is 0 Å². The highest BCUT2D eigenvalue weighted by atomic mass is 19.4. The molecule has 6 N–H and O–H groups in total. The number of pyridine rings is 1. The molecular formula is C17H18F4N4O2. The topological polar surface area (TPSA) is 114 Å². The molecule has 3 rings (SSSR count). The van der Waals surface area contributed by atoms with Gasteiger partial charge in [-0.05, 0) is 43.2 Å². The Bertz CT molecular complexity index is 806. The van der Waals surface area contributed by atoms with Gasteiger partial charge in [0, 0.05) is 6.54 Å². The number of benzene rings is 1. The second kappa shape index (κ2) is 7.89. The molecule has 1 fully saturated rings. The van der Waals surface area contributed by atoms with Crippen LogP contribution in [-0.2, 0) is 17.5 Å². The van der Waals surface area contributed by atoms with Crippen LogP contribution in [0.15, 0.2) is 36.5 Å². The highest BCUT2D eigenvalue weighted by Crippen LogP contribution is 2.36. The first-order chi connectivity index (χ1) is 12.5. The number of rotatable bonds is 4. The molecule has 0 saturated heterocycles. The molecule has 1 heterocycles. The molecule has 0 bridgehead atoms. The third-order valence-corrected chi connectivity index (χ3v) is 3.81. The van der Waals surface area contributed by atoms with Crippen molar-refractivity contribution in [2.75, 3.05) is 5.32 Å². The van der Waals surface area contributed by atoms with Crippen LogP contribution in [0.25, 0.3) is 0 Å². The first-order valence-corrected chi connectivity index (χ1v) is 7.86. The second-order valence-electron chi connectivity index (χ2n) is 6.02. The minimum Gasteiger partial charge on any atom is -0.480 e. The molecule has 1 aliphatic rings. The van der Waals surface area contributed by atoms with Crippen molar-refractivity contribution in [3.63, 3.8) is 0 Å². The van der Waals surface area contributed by atoms with Gasteiger partial charge in [0.1, 0.15) is 11.4 Å². The van der Waals surface area contributed by atoms with Crippen molar-refractivity contribution in [1.29, 1.82) is 0 Å². The minimum atomic E-state index is -4.64. The van der Waals surface area contributed by atoms with Gasteiger partial charge in [0.15, 0.2) is 0 Å². The molecule has 0 atom stereocenters. The SMILES string of the molecule is NC1(C(=O)O)CC1.NCc1ccc(Nc2ccc(F)cc2C(F)(F)F)cn1. The van der Waals surface area contributed by atoms with Crippen LogP contribution in [0.5, 0.6) is 0 Å². The van der Waals surface area contributed by atoms with Gasteiger partial charge in [-0.1, -0.05) is 0 Å². The predicted molar refractivity (Wildman–Crippen MR) is 90.6 cm³/mol. The van der Waals surface area contributed by atoms with Gasteiger partial charge in [0.25, 0.3) is 0 Å². The maximum absolute atomic E-state index is 13.0. The van der Waals surface area contributed by atoms with E-state index in [1.165, 1.54) is 6.20 Å². The summed E-state index contributed by atoms with van der Waals surface area (Å²) >= 11 is 0. The van der Waals surface area contributed by atoms with Gasteiger partial charge >= 0.3 is 12.1 Å². The Morgan fingerprint density at radius 2 is 1.93 bits per heavy atom. The normalized spacial score (nSPS) is 14.7. The number of nitrogens with two attached hydrogens (primary N) is 2. The monoisotopic (exact) mass is 386 g/mol. The minimum absolute atomic E-state index is 0.235. The molecule has 0 aliphatic heterocycles. The molecule has 27 heavy (non-hydrogen) atoms. The van der Waals surface area contributed by atoms with E-state index in [2.05, 4.69) is 10.3 Å². The average molecular weight is 386 g/mol. The van der Waals surface area contributed by atoms with E-state index in [0.29, 0.717) is 30.3 Å². The largest absolute Gasteiger partial charge is 0.480 e. The Morgan fingerprint density at radius 1 is 1.26 bits per heavy atom. The Balaban J connectivity index is 0.000000313. The number of aliphatic carboxylic acids is 1. The van der Waals surface area contributed by atoms with E-state index in [-0.39, 0.29) is 12.2 Å². The number of alkyl halides is 3. The summed E-state index contributed by atoms with van der Waals surface area (Å²) in [6.45, 7) is 0.241. The fourth-order valence-electron chi connectivity index (χ4n) is 1.98. The summed E-state index contributed by atoms with van der Waals surface area (Å²) in [6, 6.07) is 5.59. The van der Waals surface area contributed by atoms with E-state index < -0.39 is 29.1 Å². The molecule has 0 amide bonds. The molecule has 2 aromatic rings. The Labute approximate surface area is 152 Å². The van der Waals surface area contributed by atoms with E-state index in [0.717, 1.165) is 12.1 Å². The second-order valence-corrected chi connectivity index (χ2v) is 6.02. The predicted octanol–water partition coefficient (Wildman–Crippen LogP) is 3.00. The van der Waals surface area contributed by atoms with Crippen molar-refractivity contribution in [3.8, 4) is 0 Å². The lowest BCUT2D eigenvalue weighted by Crippen LogP contribution is -2.31. The molecular weight excluding hydrogens is 368 g/mol. The quantitative estimate of drug-likeness (QED) is 0.601. The van der Waals surface area contributed by atoms with Crippen LogP contribution in [0.2, 0.25) is 0 Å². The van der Waals surface area contributed by atoms with Crippen molar-refractivity contribution in [3.05, 3.63) is 53.6 Å². The summed E-state index contributed by atoms with van der Waals surface area (Å²) in [7, 11) is 0. The van der Waals surface area contributed by atoms with Gasteiger partial charge in [-0.15, -0.1) is 0 Å². The van der Waals surface area contributed by atoms with Crippen molar-refractivity contribution >= 4 is 17.3 Å². The van der Waals surface area contributed by atoms with E-state index in [1.54, 1.807) is 12.1 Å². The maximum Gasteiger partial charge on any atom is 0.418 e. The molecule has 146 valence electrons. The van der Waals surface area contributed by atoms with Crippen molar-refractivity contribution in [2.45, 2.75) is 31.1 Å². The van der Waals surface area contributed by atoms with E-state index in [4.69, 9.17) is 16.6 Å². The van der Waals surface area contributed by atoms with Crippen LogP contribution in [-0.4, -0.2) is 21.6 Å². The fourth-order valence-corrected chi connectivity index (χ4v) is 1.98. The Hall–Kier alpha value is -2.72. The van der Waals surface area contributed by atoms with Crippen LogP contribution in [0.4, 0.5) is 28.9 Å². The number of carbonyl (C=O) groups is 1. The highest BCUT2D eigenvalue weighted by molar-refractivity contribution is 5.81. The summed E-state index contributed by atoms with van der Waals surface area (Å²) < 4.78 is 51.4. The first kappa shape index (κ1) is 20.6. The van der Waals surface area contributed by atoms with Crippen molar-refractivity contribution < 1.29 is 27.5 Å². The lowest BCUT2D eigenvalue weighted by molar-refractivity contribution is -0.139. The van der Waals surface area contributed by atoms with E-state index >= 15 is 0 Å². The maximum atomic E-state index is 13.0. The third-order valence-electron chi connectivity index (χ3n) is 3.81. The molecule has 6 nitrogen and oxygen atoms in total. The number of nitrogens with one attached hydrogen (secondary N) is 1. The fraction of sp³-hybridized carbons (Fsp3) is 0.294. The van der Waals surface area contributed by atoms with Crippen LogP contribution >= 0.6 is 0 Å². The number of carboxylic acids is 1. The molecule has 10 heteroatoms. The Morgan fingerprint density at radius 3 is 2.33 bits per heavy atom. The van der Waals surface area contributed by atoms with Crippen LogP contribution < -0.4 is 16.8 Å². The summed E-state index contributed by atoms with van der Waals surface area (Å²) in [5.41, 5.74) is 9.41. The lowest BCUT2D eigenvalue weighted by atomic mass is 10.1. The van der Waals surface area contributed by atoms with Gasteiger partial charge in [0.05, 0.1) is 28.8 Å². The average Bonchev–Trinajstić information content (AvgIpc) is 3.36. The zero-order valence-corrected chi connectivity index (χ0v) is 14.1. The van der Waals surface area contributed by atoms with E-state index in [1.807, 2.05) is 0 Å². The Kier molecular flexibility index (Phi) is 6.01. The smallest absolute Gasteiger partial charge is 0.418 e. The van der Waals surface area contributed by atoms with Crippen molar-refractivity contribution in [2.24, 2.45) is 11.5 Å². The summed E-state index contributed by atoms with van der Waals surface area (Å²) in [5.74, 6) is -1.81. The van der Waals surface area contributed by atoms with Crippen LogP contribution in [0.3, 0.4) is 0 Å². The van der Waals surface area contributed by atoms with Crippen LogP contribution in [0.1, 0.15) is 24.1 Å².